The molecule has 1 amide bonds. The number of nitrogens with zero attached hydrogens (tertiary/aromatic N) is 2. The lowest BCUT2D eigenvalue weighted by Gasteiger charge is -2.25. The summed E-state index contributed by atoms with van der Waals surface area (Å²) in [7, 11) is 0. The lowest BCUT2D eigenvalue weighted by molar-refractivity contribution is -0.121. The van der Waals surface area contributed by atoms with Crippen LogP contribution in [-0.2, 0) is 11.3 Å². The number of fused-ring (bicyclic) bond motifs is 1. The standard InChI is InChI=1S/C23H20N4O3/c28-21(15-16-26-23(30)20-14-8-7-13-19(20)22(29)25-26)24-27(17-9-3-1-4-10-17)18-11-5-2-6-12-18/h1-14H,15-16H2,(H,24,28)(H,25,29). The first-order valence-electron chi connectivity index (χ1n) is 9.55. The van der Waals surface area contributed by atoms with Gasteiger partial charge < -0.3 is 0 Å². The maximum Gasteiger partial charge on any atom is 0.273 e. The number of hydrogen-bond donors (Lipinski definition) is 2. The van der Waals surface area contributed by atoms with Crippen molar-refractivity contribution in [3.63, 3.8) is 0 Å². The number of carbonyl (C=O) groups excluding carboxylic acids is 1. The highest BCUT2D eigenvalue weighted by molar-refractivity contribution is 5.81. The molecule has 4 rings (SSSR count). The van der Waals surface area contributed by atoms with E-state index in [1.54, 1.807) is 29.3 Å². The van der Waals surface area contributed by atoms with Gasteiger partial charge in [0.05, 0.1) is 28.7 Å². The van der Waals surface area contributed by atoms with E-state index in [1.807, 2.05) is 60.7 Å². The molecule has 1 heterocycles. The molecule has 4 aromatic rings. The highest BCUT2D eigenvalue weighted by atomic mass is 16.2. The Hall–Kier alpha value is -4.13. The minimum absolute atomic E-state index is 0.0182. The number of rotatable bonds is 6. The van der Waals surface area contributed by atoms with E-state index >= 15 is 0 Å². The number of amides is 1. The number of anilines is 2. The van der Waals surface area contributed by atoms with Crippen LogP contribution >= 0.6 is 0 Å². The Labute approximate surface area is 172 Å². The van der Waals surface area contributed by atoms with E-state index < -0.39 is 0 Å². The van der Waals surface area contributed by atoms with Gasteiger partial charge in [0.25, 0.3) is 11.1 Å². The average molecular weight is 400 g/mol. The van der Waals surface area contributed by atoms with Crippen molar-refractivity contribution in [2.75, 3.05) is 5.01 Å². The van der Waals surface area contributed by atoms with Crippen molar-refractivity contribution in [2.45, 2.75) is 13.0 Å². The highest BCUT2D eigenvalue weighted by Crippen LogP contribution is 2.22. The number of hydrazine groups is 1. The lowest BCUT2D eigenvalue weighted by atomic mass is 10.2. The number of para-hydroxylation sites is 2. The van der Waals surface area contributed by atoms with Crippen LogP contribution in [0.5, 0.6) is 0 Å². The van der Waals surface area contributed by atoms with E-state index in [9.17, 15) is 14.4 Å². The molecular formula is C23H20N4O3. The molecule has 2 N–H and O–H groups in total. The molecule has 0 radical (unpaired) electrons. The van der Waals surface area contributed by atoms with Crippen LogP contribution in [0.2, 0.25) is 0 Å². The second kappa shape index (κ2) is 8.48. The molecule has 0 atom stereocenters. The average Bonchev–Trinajstić information content (AvgIpc) is 2.80. The predicted molar refractivity (Wildman–Crippen MR) is 117 cm³/mol. The van der Waals surface area contributed by atoms with Crippen LogP contribution in [0.25, 0.3) is 10.8 Å². The summed E-state index contributed by atoms with van der Waals surface area (Å²) >= 11 is 0. The largest absolute Gasteiger partial charge is 0.273 e. The topological polar surface area (TPSA) is 87.2 Å². The number of H-pyrrole nitrogens is 1. The van der Waals surface area contributed by atoms with Crippen molar-refractivity contribution in [1.82, 2.24) is 15.2 Å². The second-order valence-corrected chi connectivity index (χ2v) is 6.73. The normalized spacial score (nSPS) is 10.7. The van der Waals surface area contributed by atoms with Crippen molar-refractivity contribution in [3.8, 4) is 0 Å². The van der Waals surface area contributed by atoms with Crippen LogP contribution in [-0.4, -0.2) is 15.7 Å². The Morgan fingerprint density at radius 2 is 1.33 bits per heavy atom. The van der Waals surface area contributed by atoms with Gasteiger partial charge in [-0.15, -0.1) is 0 Å². The fraction of sp³-hybridized carbons (Fsp3) is 0.0870. The number of aryl methyl sites for hydroxylation is 1. The first-order valence-corrected chi connectivity index (χ1v) is 9.55. The van der Waals surface area contributed by atoms with Gasteiger partial charge in [-0.05, 0) is 36.4 Å². The van der Waals surface area contributed by atoms with Crippen LogP contribution < -0.4 is 21.6 Å². The van der Waals surface area contributed by atoms with Gasteiger partial charge in [0, 0.05) is 6.42 Å². The zero-order valence-corrected chi connectivity index (χ0v) is 16.1. The molecule has 0 fully saturated rings. The van der Waals surface area contributed by atoms with E-state index in [-0.39, 0.29) is 30.0 Å². The van der Waals surface area contributed by atoms with Crippen LogP contribution in [0, 0.1) is 0 Å². The lowest BCUT2D eigenvalue weighted by Crippen LogP contribution is -2.40. The number of carbonyl (C=O) groups is 1. The maximum absolute atomic E-state index is 12.7. The monoisotopic (exact) mass is 400 g/mol. The Balaban J connectivity index is 1.54. The van der Waals surface area contributed by atoms with Crippen molar-refractivity contribution >= 4 is 28.1 Å². The van der Waals surface area contributed by atoms with Gasteiger partial charge >= 0.3 is 0 Å². The fourth-order valence-electron chi connectivity index (χ4n) is 3.23. The number of nitrogens with one attached hydrogen (secondary N) is 2. The fourth-order valence-corrected chi connectivity index (χ4v) is 3.23. The SMILES string of the molecule is O=C(CCn1[nH]c(=O)c2ccccc2c1=O)NN(c1ccccc1)c1ccccc1. The molecule has 30 heavy (non-hydrogen) atoms. The van der Waals surface area contributed by atoms with Gasteiger partial charge in [-0.1, -0.05) is 48.5 Å². The van der Waals surface area contributed by atoms with E-state index in [0.29, 0.717) is 10.8 Å². The summed E-state index contributed by atoms with van der Waals surface area (Å²) in [6.45, 7) is 0.0577. The minimum Gasteiger partial charge on any atom is -0.273 e. The third-order valence-electron chi connectivity index (χ3n) is 4.71. The van der Waals surface area contributed by atoms with Crippen LogP contribution in [0.1, 0.15) is 6.42 Å². The summed E-state index contributed by atoms with van der Waals surface area (Å²) in [4.78, 5) is 37.5. The van der Waals surface area contributed by atoms with Crippen LogP contribution in [0.15, 0.2) is 94.5 Å². The Morgan fingerprint density at radius 1 is 0.800 bits per heavy atom. The number of hydrogen-bond acceptors (Lipinski definition) is 4. The molecule has 3 aromatic carbocycles. The molecular weight excluding hydrogens is 380 g/mol. The Bertz CT molecular complexity index is 1240. The van der Waals surface area contributed by atoms with Gasteiger partial charge in [0.1, 0.15) is 0 Å². The number of benzene rings is 3. The minimum atomic E-state index is -0.360. The van der Waals surface area contributed by atoms with Crippen molar-refractivity contribution < 1.29 is 4.79 Å². The second-order valence-electron chi connectivity index (χ2n) is 6.73. The summed E-state index contributed by atoms with van der Waals surface area (Å²) in [6, 6.07) is 25.5. The molecule has 0 saturated heterocycles. The summed E-state index contributed by atoms with van der Waals surface area (Å²) in [6.07, 6.45) is 0.0182. The van der Waals surface area contributed by atoms with Gasteiger partial charge in [0.15, 0.2) is 0 Å². The first-order chi connectivity index (χ1) is 14.6. The quantitative estimate of drug-likeness (QED) is 0.487. The molecule has 7 nitrogen and oxygen atoms in total. The molecule has 0 aliphatic carbocycles. The molecule has 150 valence electrons. The molecule has 1 aromatic heterocycles. The zero-order chi connectivity index (χ0) is 20.9. The highest BCUT2D eigenvalue weighted by Gasteiger charge is 2.13. The van der Waals surface area contributed by atoms with Crippen molar-refractivity contribution in [2.24, 2.45) is 0 Å². The molecule has 0 spiro atoms. The summed E-state index contributed by atoms with van der Waals surface area (Å²) in [5.41, 5.74) is 3.78. The van der Waals surface area contributed by atoms with E-state index in [4.69, 9.17) is 0 Å². The van der Waals surface area contributed by atoms with Crippen molar-refractivity contribution in [1.29, 1.82) is 0 Å². The molecule has 0 bridgehead atoms. The predicted octanol–water partition coefficient (Wildman–Crippen LogP) is 2.95. The van der Waals surface area contributed by atoms with Gasteiger partial charge in [-0.25, -0.2) is 4.68 Å². The Kier molecular flexibility index (Phi) is 5.43. The smallest absolute Gasteiger partial charge is 0.273 e. The molecule has 0 saturated carbocycles. The maximum atomic E-state index is 12.7. The molecule has 0 aliphatic rings. The van der Waals surface area contributed by atoms with Gasteiger partial charge in [-0.2, -0.15) is 0 Å². The summed E-state index contributed by atoms with van der Waals surface area (Å²) in [5, 5.41) is 4.90. The van der Waals surface area contributed by atoms with Gasteiger partial charge in [0.2, 0.25) is 5.91 Å². The molecule has 0 aliphatic heterocycles. The van der Waals surface area contributed by atoms with E-state index in [1.165, 1.54) is 4.68 Å². The third kappa shape index (κ3) is 4.00. The van der Waals surface area contributed by atoms with Crippen LogP contribution in [0.3, 0.4) is 0 Å². The Morgan fingerprint density at radius 3 is 1.93 bits per heavy atom. The van der Waals surface area contributed by atoms with E-state index in [0.717, 1.165) is 11.4 Å². The third-order valence-corrected chi connectivity index (χ3v) is 4.71. The zero-order valence-electron chi connectivity index (χ0n) is 16.1. The van der Waals surface area contributed by atoms with Crippen LogP contribution in [0.4, 0.5) is 11.4 Å². The van der Waals surface area contributed by atoms with E-state index in [2.05, 4.69) is 10.5 Å². The number of aromatic nitrogens is 2. The summed E-state index contributed by atoms with van der Waals surface area (Å²) in [5.74, 6) is -0.288. The molecule has 7 heteroatoms. The van der Waals surface area contributed by atoms with Gasteiger partial charge in [-0.3, -0.25) is 29.9 Å². The number of aromatic amines is 1. The van der Waals surface area contributed by atoms with Crippen molar-refractivity contribution in [3.05, 3.63) is 106 Å². The first kappa shape index (κ1) is 19.2. The summed E-state index contributed by atoms with van der Waals surface area (Å²) < 4.78 is 1.18. The molecule has 0 unspecified atom stereocenters.